The first-order chi connectivity index (χ1) is 9.50. The van der Waals surface area contributed by atoms with E-state index < -0.39 is 0 Å². The SMILES string of the molecule is BB(B)B(BB(B(B)B)B(B)B(B(B)B)B(B)B)B(B)B. The average Bonchev–Trinajstić information content (AvgIpc) is 2.26. The van der Waals surface area contributed by atoms with E-state index in [1.165, 1.54) is 7.06 Å². The summed E-state index contributed by atoms with van der Waals surface area (Å²) in [6.07, 6.45) is 7.36. The van der Waals surface area contributed by atoms with E-state index in [0.29, 0.717) is 0 Å². The normalized spacial score (nSPS) is 9.14. The first-order valence-corrected chi connectivity index (χ1v) is 9.50. The molecule has 0 saturated heterocycles. The van der Waals surface area contributed by atoms with E-state index in [9.17, 15) is 0 Å². The maximum Gasteiger partial charge on any atom is 0.0552 e. The zero-order valence-electron chi connectivity index (χ0n) is 16.9. The molecule has 0 nitrogen and oxygen atoms in total. The fourth-order valence-electron chi connectivity index (χ4n) is 4.99. The largest absolute Gasteiger partial charge is 0.0552 e. The van der Waals surface area contributed by atoms with Crippen LogP contribution >= 0.6 is 0 Å². The molecule has 0 heterocycles. The Hall–Kier alpha value is 1.36. The lowest BCUT2D eigenvalue weighted by Crippen LogP contribution is -2.75. The Labute approximate surface area is 149 Å². The summed E-state index contributed by atoms with van der Waals surface area (Å²) in [4.78, 5) is 0. The summed E-state index contributed by atoms with van der Waals surface area (Å²) in [5, 5.41) is 0. The van der Waals surface area contributed by atoms with Gasteiger partial charge in [0.2, 0.25) is 0 Å². The van der Waals surface area contributed by atoms with Crippen molar-refractivity contribution >= 4 is 150 Å². The topological polar surface area (TPSA) is 0 Å². The third kappa shape index (κ3) is 7.20. The molecule has 0 unspecified atom stereocenters. The molecule has 0 aromatic carbocycles. The highest BCUT2D eigenvalue weighted by molar-refractivity contribution is 8.13. The summed E-state index contributed by atoms with van der Waals surface area (Å²) in [5.41, 5.74) is 0. The van der Waals surface area contributed by atoms with Crippen molar-refractivity contribution in [3.63, 3.8) is 0 Å². The van der Waals surface area contributed by atoms with E-state index in [-0.39, 0.29) is 0 Å². The molecule has 0 fully saturated rings. The van der Waals surface area contributed by atoms with Crippen molar-refractivity contribution in [3.8, 4) is 0 Å². The Bertz CT molecular complexity index is 243. The molecule has 0 rings (SSSR count). The smallest absolute Gasteiger partial charge is 0.00394 e. The van der Waals surface area contributed by atoms with Crippen LogP contribution in [0.15, 0.2) is 0 Å². The van der Waals surface area contributed by atoms with Crippen LogP contribution in [-0.4, -0.2) is 150 Å². The van der Waals surface area contributed by atoms with Crippen molar-refractivity contribution in [3.05, 3.63) is 0 Å². The van der Waals surface area contributed by atoms with Gasteiger partial charge in [0.25, 0.3) is 0 Å². The second-order valence-corrected chi connectivity index (χ2v) is 9.22. The van der Waals surface area contributed by atoms with Gasteiger partial charge in [0.05, 0.1) is 85.1 Å². The van der Waals surface area contributed by atoms with Crippen molar-refractivity contribution in [2.24, 2.45) is 0 Å². The summed E-state index contributed by atoms with van der Waals surface area (Å²) in [7, 11) is 28.1. The summed E-state index contributed by atoms with van der Waals surface area (Å²) in [6, 6.07) is 0. The lowest BCUT2D eigenvalue weighted by Gasteiger charge is -2.35. The van der Waals surface area contributed by atoms with E-state index in [2.05, 4.69) is 85.1 Å². The minimum absolute atomic E-state index is 0.790. The Morgan fingerprint density at radius 1 is 0.429 bits per heavy atom. The number of rotatable bonds is 9. The fraction of sp³-hybridized carbons (Fsp3) is 0. The van der Waals surface area contributed by atoms with Gasteiger partial charge in [0, 0.05) is 64.5 Å². The molecular weight excluding hydrogens is 227 g/mol. The van der Waals surface area contributed by atoms with Crippen LogP contribution in [0.2, 0.25) is 0 Å². The van der Waals surface area contributed by atoms with Gasteiger partial charge in [0.1, 0.15) is 0 Å². The van der Waals surface area contributed by atoms with Gasteiger partial charge < -0.3 is 0 Å². The maximum absolute atomic E-state index is 2.53. The summed E-state index contributed by atoms with van der Waals surface area (Å²) >= 11 is 0. The van der Waals surface area contributed by atoms with Crippen LogP contribution in [0.5, 0.6) is 0 Å². The van der Waals surface area contributed by atoms with E-state index >= 15 is 0 Å². The lowest BCUT2D eigenvalue weighted by molar-refractivity contribution is 3.39. The second-order valence-electron chi connectivity index (χ2n) is 9.22. The Balaban J connectivity index is 5.20. The zero-order chi connectivity index (χ0) is 16.9. The van der Waals surface area contributed by atoms with Crippen LogP contribution in [0.25, 0.3) is 0 Å². The highest BCUT2D eigenvalue weighted by atomic mass is 13.2. The first kappa shape index (κ1) is 22.4. The molecule has 0 atom stereocenters. The standard InChI is InChI=1S/B21H23/c1-13(2)19(14(3)4)12-20(15(5)6)18(11)21(16(7)8)17(9)10/h12H,1-11H2. The van der Waals surface area contributed by atoms with Gasteiger partial charge in [-0.15, -0.1) is 0 Å². The molecule has 0 aliphatic carbocycles. The Morgan fingerprint density at radius 2 is 0.762 bits per heavy atom. The minimum atomic E-state index is 0.790. The van der Waals surface area contributed by atoms with Crippen molar-refractivity contribution in [2.45, 2.75) is 0 Å². The quantitative estimate of drug-likeness (QED) is 0.357. The van der Waals surface area contributed by atoms with Crippen molar-refractivity contribution in [2.75, 3.05) is 0 Å². The van der Waals surface area contributed by atoms with Crippen LogP contribution in [0.3, 0.4) is 0 Å². The minimum Gasteiger partial charge on any atom is 0.00394 e. The molecular formula is H23B21. The van der Waals surface area contributed by atoms with Crippen molar-refractivity contribution in [1.82, 2.24) is 0 Å². The maximum atomic E-state index is 2.53. The van der Waals surface area contributed by atoms with Gasteiger partial charge in [-0.1, -0.05) is 0 Å². The molecule has 0 aromatic heterocycles. The summed E-state index contributed by atoms with van der Waals surface area (Å²) in [6.45, 7) is 0. The first-order valence-electron chi connectivity index (χ1n) is 9.50. The van der Waals surface area contributed by atoms with E-state index in [1.54, 1.807) is 0 Å². The fourth-order valence-corrected chi connectivity index (χ4v) is 4.99. The molecule has 0 aliphatic rings. The predicted molar refractivity (Wildman–Crippen MR) is 153 cm³/mol. The molecule has 0 N–H and O–H groups in total. The highest BCUT2D eigenvalue weighted by Crippen LogP contribution is 2.00. The molecule has 0 aliphatic heterocycles. The summed E-state index contributed by atoms with van der Waals surface area (Å²) in [5.74, 6) is 0. The molecule has 0 saturated carbocycles. The van der Waals surface area contributed by atoms with Crippen molar-refractivity contribution in [1.29, 1.82) is 0 Å². The molecule has 0 spiro atoms. The summed E-state index contributed by atoms with van der Waals surface area (Å²) < 4.78 is 0. The van der Waals surface area contributed by atoms with Gasteiger partial charge in [-0.3, -0.25) is 0 Å². The molecule has 0 amide bonds. The van der Waals surface area contributed by atoms with Crippen LogP contribution < -0.4 is 0 Å². The monoisotopic (exact) mass is 254 g/mol. The molecule has 21 heavy (non-hydrogen) atoms. The molecule has 21 heteroatoms. The Kier molecular flexibility index (Phi) is 10.9. The van der Waals surface area contributed by atoms with Crippen LogP contribution in [0.1, 0.15) is 0 Å². The third-order valence-electron chi connectivity index (χ3n) is 5.94. The van der Waals surface area contributed by atoms with Crippen molar-refractivity contribution < 1.29 is 0 Å². The second kappa shape index (κ2) is 10.3. The van der Waals surface area contributed by atoms with E-state index in [4.69, 9.17) is 0 Å². The predicted octanol–water partition coefficient (Wildman–Crippen LogP) is -14.2. The van der Waals surface area contributed by atoms with Gasteiger partial charge >= 0.3 is 0 Å². The Morgan fingerprint density at radius 3 is 1.00 bits per heavy atom. The van der Waals surface area contributed by atoms with Gasteiger partial charge in [0.15, 0.2) is 0 Å². The van der Waals surface area contributed by atoms with Crippen LogP contribution in [-0.2, 0) is 0 Å². The zero-order valence-corrected chi connectivity index (χ0v) is 16.9. The molecule has 0 bridgehead atoms. The molecule has 0 aromatic rings. The van der Waals surface area contributed by atoms with E-state index in [0.717, 1.165) is 57.5 Å². The van der Waals surface area contributed by atoms with Crippen LogP contribution in [0.4, 0.5) is 0 Å². The average molecular weight is 250 g/mol. The lowest BCUT2D eigenvalue weighted by atomic mass is 8.45. The molecule has 86 valence electrons. The van der Waals surface area contributed by atoms with Gasteiger partial charge in [-0.25, -0.2) is 0 Å². The van der Waals surface area contributed by atoms with E-state index in [1.807, 2.05) is 0 Å². The highest BCUT2D eigenvalue weighted by Gasteiger charge is 2.40. The molecule has 0 radical (unpaired) electrons. The number of hydrogen-bond acceptors (Lipinski definition) is 0. The number of hydrogen-bond donors (Lipinski definition) is 0. The third-order valence-corrected chi connectivity index (χ3v) is 5.94. The van der Waals surface area contributed by atoms with Gasteiger partial charge in [-0.05, 0) is 0 Å². The van der Waals surface area contributed by atoms with Crippen LogP contribution in [0, 0.1) is 0 Å². The van der Waals surface area contributed by atoms with Gasteiger partial charge in [-0.2, -0.15) is 0 Å².